The summed E-state index contributed by atoms with van der Waals surface area (Å²) in [5, 5.41) is 3.60. The van der Waals surface area contributed by atoms with E-state index in [2.05, 4.69) is 10.3 Å². The lowest BCUT2D eigenvalue weighted by Crippen LogP contribution is -2.41. The van der Waals surface area contributed by atoms with Crippen LogP contribution in [-0.2, 0) is 17.6 Å². The lowest BCUT2D eigenvalue weighted by Gasteiger charge is -2.31. The fourth-order valence-electron chi connectivity index (χ4n) is 3.97. The molecule has 2 aromatic rings. The average Bonchev–Trinajstić information content (AvgIpc) is 2.95. The first-order valence-electron chi connectivity index (χ1n) is 10.0. The van der Waals surface area contributed by atoms with Crippen LogP contribution < -0.4 is 5.32 Å². The van der Waals surface area contributed by atoms with E-state index >= 15 is 0 Å². The number of nitrogens with zero attached hydrogens (tertiary/aromatic N) is 2. The van der Waals surface area contributed by atoms with Crippen LogP contribution in [0.25, 0.3) is 0 Å². The predicted octanol–water partition coefficient (Wildman–Crippen LogP) is 4.18. The van der Waals surface area contributed by atoms with E-state index in [-0.39, 0.29) is 17.4 Å². The SMILES string of the molecule is O=C(Nc1nc2c(s1)CCCCC2)C1CCN(C(=O)c2ccc(F)cc2F)CC1. The number of benzene rings is 1. The molecular formula is C21H23F2N3O2S. The number of likely N-dealkylation sites (tertiary alicyclic amines) is 1. The molecule has 4 rings (SSSR count). The number of carbonyl (C=O) groups is 2. The monoisotopic (exact) mass is 419 g/mol. The summed E-state index contributed by atoms with van der Waals surface area (Å²) >= 11 is 1.57. The third-order valence-corrected chi connectivity index (χ3v) is 6.71. The Hall–Kier alpha value is -2.35. The zero-order valence-corrected chi connectivity index (χ0v) is 16.9. The number of fused-ring (bicyclic) bond motifs is 1. The Morgan fingerprint density at radius 2 is 1.86 bits per heavy atom. The van der Waals surface area contributed by atoms with Crippen molar-refractivity contribution in [1.29, 1.82) is 0 Å². The molecule has 0 atom stereocenters. The summed E-state index contributed by atoms with van der Waals surface area (Å²) < 4.78 is 26.9. The molecule has 8 heteroatoms. The molecule has 2 amide bonds. The van der Waals surface area contributed by atoms with Gasteiger partial charge in [0.1, 0.15) is 11.6 Å². The van der Waals surface area contributed by atoms with Crippen LogP contribution in [0.1, 0.15) is 53.0 Å². The van der Waals surface area contributed by atoms with Crippen molar-refractivity contribution in [3.05, 3.63) is 46.0 Å². The molecule has 1 aliphatic carbocycles. The number of piperidine rings is 1. The second-order valence-corrected chi connectivity index (χ2v) is 8.71. The molecule has 2 heterocycles. The van der Waals surface area contributed by atoms with Crippen molar-refractivity contribution in [3.8, 4) is 0 Å². The third kappa shape index (κ3) is 4.47. The molecule has 1 saturated heterocycles. The largest absolute Gasteiger partial charge is 0.339 e. The lowest BCUT2D eigenvalue weighted by molar-refractivity contribution is -0.121. The normalized spacial score (nSPS) is 17.5. The number of hydrogen-bond acceptors (Lipinski definition) is 4. The highest BCUT2D eigenvalue weighted by Crippen LogP contribution is 2.30. The van der Waals surface area contributed by atoms with Crippen LogP contribution in [0, 0.1) is 17.6 Å². The van der Waals surface area contributed by atoms with Gasteiger partial charge in [0.2, 0.25) is 5.91 Å². The van der Waals surface area contributed by atoms with Crippen LogP contribution in [-0.4, -0.2) is 34.8 Å². The van der Waals surface area contributed by atoms with Crippen LogP contribution in [0.3, 0.4) is 0 Å². The topological polar surface area (TPSA) is 62.3 Å². The molecule has 1 aromatic carbocycles. The van der Waals surface area contributed by atoms with Crippen molar-refractivity contribution in [3.63, 3.8) is 0 Å². The van der Waals surface area contributed by atoms with E-state index in [0.29, 0.717) is 37.1 Å². The fraction of sp³-hybridized carbons (Fsp3) is 0.476. The van der Waals surface area contributed by atoms with Gasteiger partial charge in [-0.1, -0.05) is 6.42 Å². The predicted molar refractivity (Wildman–Crippen MR) is 107 cm³/mol. The van der Waals surface area contributed by atoms with Gasteiger partial charge in [0.05, 0.1) is 11.3 Å². The molecule has 2 aliphatic rings. The van der Waals surface area contributed by atoms with E-state index < -0.39 is 17.5 Å². The summed E-state index contributed by atoms with van der Waals surface area (Å²) in [4.78, 5) is 32.5. The zero-order valence-electron chi connectivity index (χ0n) is 16.0. The van der Waals surface area contributed by atoms with Gasteiger partial charge < -0.3 is 10.2 Å². The van der Waals surface area contributed by atoms with Crippen molar-refractivity contribution >= 4 is 28.3 Å². The molecule has 1 fully saturated rings. The minimum atomic E-state index is -0.863. The number of amides is 2. The molecule has 154 valence electrons. The Balaban J connectivity index is 1.33. The first-order chi connectivity index (χ1) is 14.0. The number of hydrogen-bond donors (Lipinski definition) is 1. The highest BCUT2D eigenvalue weighted by atomic mass is 32.1. The third-order valence-electron chi connectivity index (χ3n) is 5.64. The number of halogens is 2. The molecule has 1 aromatic heterocycles. The van der Waals surface area contributed by atoms with Gasteiger partial charge in [-0.05, 0) is 50.7 Å². The van der Waals surface area contributed by atoms with E-state index in [0.717, 1.165) is 37.1 Å². The van der Waals surface area contributed by atoms with Crippen LogP contribution >= 0.6 is 11.3 Å². The number of aromatic nitrogens is 1. The molecule has 0 radical (unpaired) electrons. The quantitative estimate of drug-likeness (QED) is 0.759. The summed E-state index contributed by atoms with van der Waals surface area (Å²) in [6.07, 6.45) is 6.56. The molecule has 0 spiro atoms. The van der Waals surface area contributed by atoms with Crippen LogP contribution in [0.2, 0.25) is 0 Å². The van der Waals surface area contributed by atoms with E-state index in [4.69, 9.17) is 0 Å². The van der Waals surface area contributed by atoms with Crippen LogP contribution in [0.4, 0.5) is 13.9 Å². The summed E-state index contributed by atoms with van der Waals surface area (Å²) in [6.45, 7) is 0.726. The van der Waals surface area contributed by atoms with E-state index in [1.165, 1.54) is 22.6 Å². The highest BCUT2D eigenvalue weighted by Gasteiger charge is 2.29. The van der Waals surface area contributed by atoms with Crippen molar-refractivity contribution in [1.82, 2.24) is 9.88 Å². The van der Waals surface area contributed by atoms with Gasteiger partial charge in [-0.3, -0.25) is 9.59 Å². The number of anilines is 1. The molecular weight excluding hydrogens is 396 g/mol. The molecule has 5 nitrogen and oxygen atoms in total. The van der Waals surface area contributed by atoms with E-state index in [9.17, 15) is 18.4 Å². The maximum Gasteiger partial charge on any atom is 0.256 e. The second-order valence-electron chi connectivity index (χ2n) is 7.63. The highest BCUT2D eigenvalue weighted by molar-refractivity contribution is 7.15. The summed E-state index contributed by atoms with van der Waals surface area (Å²) in [5.74, 6) is -2.33. The minimum Gasteiger partial charge on any atom is -0.339 e. The van der Waals surface area contributed by atoms with Gasteiger partial charge in [-0.25, -0.2) is 13.8 Å². The van der Waals surface area contributed by atoms with Gasteiger partial charge in [0.15, 0.2) is 5.13 Å². The van der Waals surface area contributed by atoms with Crippen molar-refractivity contribution < 1.29 is 18.4 Å². The Labute approximate surface area is 172 Å². The maximum absolute atomic E-state index is 13.9. The maximum atomic E-state index is 13.9. The standard InChI is InChI=1S/C21H23F2N3O2S/c22-14-6-7-15(16(23)12-14)20(28)26-10-8-13(9-11-26)19(27)25-21-24-17-4-2-1-3-5-18(17)29-21/h6-7,12-13H,1-5,8-11H2,(H,24,25,27). The second kappa shape index (κ2) is 8.57. The first kappa shape index (κ1) is 19.9. The number of aryl methyl sites for hydroxylation is 2. The van der Waals surface area contributed by atoms with E-state index in [1.54, 1.807) is 11.3 Å². The minimum absolute atomic E-state index is 0.0750. The summed E-state index contributed by atoms with van der Waals surface area (Å²) in [7, 11) is 0. The molecule has 0 bridgehead atoms. The summed E-state index contributed by atoms with van der Waals surface area (Å²) in [6, 6.07) is 2.95. The Morgan fingerprint density at radius 3 is 2.62 bits per heavy atom. The lowest BCUT2D eigenvalue weighted by atomic mass is 9.95. The summed E-state index contributed by atoms with van der Waals surface area (Å²) in [5.41, 5.74) is 0.975. The Kier molecular flexibility index (Phi) is 5.89. The van der Waals surface area contributed by atoms with Gasteiger partial charge in [0, 0.05) is 30.0 Å². The molecule has 1 N–H and O–H groups in total. The van der Waals surface area contributed by atoms with E-state index in [1.807, 2.05) is 0 Å². The number of thiazole rings is 1. The number of rotatable bonds is 3. The van der Waals surface area contributed by atoms with Gasteiger partial charge in [-0.2, -0.15) is 0 Å². The molecule has 1 aliphatic heterocycles. The molecule has 0 saturated carbocycles. The molecule has 29 heavy (non-hydrogen) atoms. The van der Waals surface area contributed by atoms with Crippen molar-refractivity contribution in [2.75, 3.05) is 18.4 Å². The van der Waals surface area contributed by atoms with Gasteiger partial charge >= 0.3 is 0 Å². The van der Waals surface area contributed by atoms with Gasteiger partial charge in [-0.15, -0.1) is 11.3 Å². The molecule has 0 unspecified atom stereocenters. The van der Waals surface area contributed by atoms with Crippen LogP contribution in [0.15, 0.2) is 18.2 Å². The number of carbonyl (C=O) groups excluding carboxylic acids is 2. The van der Waals surface area contributed by atoms with Crippen molar-refractivity contribution in [2.24, 2.45) is 5.92 Å². The van der Waals surface area contributed by atoms with Crippen molar-refractivity contribution in [2.45, 2.75) is 44.9 Å². The zero-order chi connectivity index (χ0) is 20.4. The van der Waals surface area contributed by atoms with Crippen LogP contribution in [0.5, 0.6) is 0 Å². The smallest absolute Gasteiger partial charge is 0.256 e. The fourth-order valence-corrected chi connectivity index (χ4v) is 5.02. The Bertz CT molecular complexity index is 899. The Morgan fingerprint density at radius 1 is 1.10 bits per heavy atom. The van der Waals surface area contributed by atoms with Gasteiger partial charge in [0.25, 0.3) is 5.91 Å². The average molecular weight is 419 g/mol. The number of nitrogens with one attached hydrogen (secondary N) is 1. The first-order valence-corrected chi connectivity index (χ1v) is 10.9.